The highest BCUT2D eigenvalue weighted by molar-refractivity contribution is 5.96. The first-order chi connectivity index (χ1) is 9.14. The zero-order chi connectivity index (χ0) is 15.4. The van der Waals surface area contributed by atoms with Crippen molar-refractivity contribution < 1.29 is 22.7 Å². The van der Waals surface area contributed by atoms with Gasteiger partial charge in [0.15, 0.2) is 6.61 Å². The number of carbonyl (C=O) groups is 1. The summed E-state index contributed by atoms with van der Waals surface area (Å²) in [6, 6.07) is 4.36. The van der Waals surface area contributed by atoms with Gasteiger partial charge in [-0.15, -0.1) is 0 Å². The van der Waals surface area contributed by atoms with E-state index in [1.807, 2.05) is 6.07 Å². The molecule has 1 N–H and O–H groups in total. The SMILES string of the molecule is CC(C)(C#N)C(=O)Nc1ccc(OCC(F)(F)F)nc1. The molecule has 1 aromatic rings. The molecule has 1 aromatic heterocycles. The van der Waals surface area contributed by atoms with Crippen molar-refractivity contribution in [2.24, 2.45) is 5.41 Å². The van der Waals surface area contributed by atoms with E-state index >= 15 is 0 Å². The van der Waals surface area contributed by atoms with Crippen LogP contribution in [0.2, 0.25) is 0 Å². The third-order valence-electron chi connectivity index (χ3n) is 2.23. The lowest BCUT2D eigenvalue weighted by Crippen LogP contribution is -2.29. The second-order valence-corrected chi connectivity index (χ2v) is 4.48. The van der Waals surface area contributed by atoms with Crippen molar-refractivity contribution in [2.75, 3.05) is 11.9 Å². The van der Waals surface area contributed by atoms with Crippen LogP contribution in [0.1, 0.15) is 13.8 Å². The molecule has 0 aromatic carbocycles. The van der Waals surface area contributed by atoms with Crippen LogP contribution in [-0.4, -0.2) is 23.7 Å². The van der Waals surface area contributed by atoms with Gasteiger partial charge in [0.2, 0.25) is 11.8 Å². The molecule has 5 nitrogen and oxygen atoms in total. The van der Waals surface area contributed by atoms with Crippen molar-refractivity contribution in [1.82, 2.24) is 4.98 Å². The van der Waals surface area contributed by atoms with Gasteiger partial charge in [-0.25, -0.2) is 4.98 Å². The van der Waals surface area contributed by atoms with Gasteiger partial charge in [0.1, 0.15) is 5.41 Å². The zero-order valence-corrected chi connectivity index (χ0v) is 10.8. The van der Waals surface area contributed by atoms with E-state index in [1.165, 1.54) is 26.0 Å². The quantitative estimate of drug-likeness (QED) is 0.923. The van der Waals surface area contributed by atoms with Crippen molar-refractivity contribution in [3.05, 3.63) is 18.3 Å². The average molecular weight is 287 g/mol. The Morgan fingerprint density at radius 2 is 2.10 bits per heavy atom. The van der Waals surface area contributed by atoms with Crippen LogP contribution in [-0.2, 0) is 4.79 Å². The van der Waals surface area contributed by atoms with Crippen LogP contribution in [0.5, 0.6) is 5.88 Å². The Bertz CT molecular complexity index is 518. The monoisotopic (exact) mass is 287 g/mol. The fraction of sp³-hybridized carbons (Fsp3) is 0.417. The van der Waals surface area contributed by atoms with Crippen molar-refractivity contribution in [3.8, 4) is 11.9 Å². The van der Waals surface area contributed by atoms with E-state index in [2.05, 4.69) is 15.0 Å². The minimum absolute atomic E-state index is 0.208. The first-order valence-electron chi connectivity index (χ1n) is 5.52. The topological polar surface area (TPSA) is 75.0 Å². The van der Waals surface area contributed by atoms with Crippen molar-refractivity contribution in [3.63, 3.8) is 0 Å². The molecule has 0 unspecified atom stereocenters. The number of nitrogens with zero attached hydrogens (tertiary/aromatic N) is 2. The number of rotatable bonds is 4. The van der Waals surface area contributed by atoms with Gasteiger partial charge in [0.25, 0.3) is 0 Å². The summed E-state index contributed by atoms with van der Waals surface area (Å²) >= 11 is 0. The molecule has 0 aliphatic heterocycles. The molecule has 0 spiro atoms. The number of alkyl halides is 3. The van der Waals surface area contributed by atoms with Crippen LogP contribution in [0.25, 0.3) is 0 Å². The highest BCUT2D eigenvalue weighted by Gasteiger charge is 2.29. The van der Waals surface area contributed by atoms with Crippen LogP contribution < -0.4 is 10.1 Å². The lowest BCUT2D eigenvalue weighted by atomic mass is 9.95. The maximum atomic E-state index is 11.9. The molecule has 0 radical (unpaired) electrons. The number of ether oxygens (including phenoxy) is 1. The molecule has 108 valence electrons. The molecule has 20 heavy (non-hydrogen) atoms. The van der Waals surface area contributed by atoms with Gasteiger partial charge in [-0.05, 0) is 19.9 Å². The Hall–Kier alpha value is -2.30. The number of carbonyl (C=O) groups excluding carboxylic acids is 1. The van der Waals surface area contributed by atoms with Crippen LogP contribution >= 0.6 is 0 Å². The maximum Gasteiger partial charge on any atom is 0.422 e. The number of hydrogen-bond acceptors (Lipinski definition) is 4. The summed E-state index contributed by atoms with van der Waals surface area (Å²) in [5.41, 5.74) is -0.955. The Kier molecular flexibility index (Phi) is 4.55. The van der Waals surface area contributed by atoms with Gasteiger partial charge in [0.05, 0.1) is 18.0 Å². The standard InChI is InChI=1S/C12H12F3N3O2/c1-11(2,6-16)10(19)18-8-3-4-9(17-5-8)20-7-12(13,14)15/h3-5H,7H2,1-2H3,(H,18,19). The number of anilines is 1. The molecule has 0 saturated carbocycles. The highest BCUT2D eigenvalue weighted by Crippen LogP contribution is 2.20. The fourth-order valence-corrected chi connectivity index (χ4v) is 1.03. The number of amides is 1. The second kappa shape index (κ2) is 5.77. The molecular weight excluding hydrogens is 275 g/mol. The first kappa shape index (κ1) is 15.8. The molecule has 0 aliphatic rings. The molecule has 1 rings (SSSR count). The van der Waals surface area contributed by atoms with Crippen molar-refractivity contribution in [2.45, 2.75) is 20.0 Å². The third-order valence-corrected chi connectivity index (χ3v) is 2.23. The zero-order valence-electron chi connectivity index (χ0n) is 10.8. The average Bonchev–Trinajstić information content (AvgIpc) is 2.37. The molecular formula is C12H12F3N3O2. The van der Waals surface area contributed by atoms with E-state index in [4.69, 9.17) is 5.26 Å². The van der Waals surface area contributed by atoms with Crippen LogP contribution in [0.15, 0.2) is 18.3 Å². The number of nitriles is 1. The predicted molar refractivity (Wildman–Crippen MR) is 63.8 cm³/mol. The summed E-state index contributed by atoms with van der Waals surface area (Å²) in [5.74, 6) is -0.745. The molecule has 0 atom stereocenters. The van der Waals surface area contributed by atoms with E-state index in [0.29, 0.717) is 0 Å². The minimum Gasteiger partial charge on any atom is -0.468 e. The summed E-state index contributed by atoms with van der Waals surface area (Å²) in [4.78, 5) is 15.3. The number of nitrogens with one attached hydrogen (secondary N) is 1. The van der Waals surface area contributed by atoms with Gasteiger partial charge in [-0.1, -0.05) is 0 Å². The van der Waals surface area contributed by atoms with Crippen LogP contribution in [0.4, 0.5) is 18.9 Å². The molecule has 8 heteroatoms. The number of pyridine rings is 1. The number of aromatic nitrogens is 1. The summed E-state index contributed by atoms with van der Waals surface area (Å²) in [6.07, 6.45) is -3.29. The fourth-order valence-electron chi connectivity index (χ4n) is 1.03. The smallest absolute Gasteiger partial charge is 0.422 e. The number of halogens is 3. The second-order valence-electron chi connectivity index (χ2n) is 4.48. The lowest BCUT2D eigenvalue weighted by molar-refractivity contribution is -0.154. The van der Waals surface area contributed by atoms with Gasteiger partial charge >= 0.3 is 6.18 Å². The lowest BCUT2D eigenvalue weighted by Gasteiger charge is -2.15. The van der Waals surface area contributed by atoms with Gasteiger partial charge in [0, 0.05) is 6.07 Å². The predicted octanol–water partition coefficient (Wildman–Crippen LogP) is 2.51. The van der Waals surface area contributed by atoms with E-state index < -0.39 is 24.1 Å². The summed E-state index contributed by atoms with van der Waals surface area (Å²) in [5, 5.41) is 11.2. The van der Waals surface area contributed by atoms with E-state index in [1.54, 1.807) is 0 Å². The molecule has 0 aliphatic carbocycles. The van der Waals surface area contributed by atoms with E-state index in [0.717, 1.165) is 6.20 Å². The normalized spacial score (nSPS) is 11.6. The molecule has 1 amide bonds. The van der Waals surface area contributed by atoms with Crippen molar-refractivity contribution >= 4 is 11.6 Å². The number of hydrogen-bond donors (Lipinski definition) is 1. The van der Waals surface area contributed by atoms with Crippen molar-refractivity contribution in [1.29, 1.82) is 5.26 Å². The molecule has 1 heterocycles. The Morgan fingerprint density at radius 3 is 2.55 bits per heavy atom. The van der Waals surface area contributed by atoms with E-state index in [-0.39, 0.29) is 11.6 Å². The highest BCUT2D eigenvalue weighted by atomic mass is 19.4. The Balaban J connectivity index is 2.64. The van der Waals surface area contributed by atoms with Crippen LogP contribution in [0, 0.1) is 16.7 Å². The largest absolute Gasteiger partial charge is 0.468 e. The molecule has 0 bridgehead atoms. The maximum absolute atomic E-state index is 11.9. The summed E-state index contributed by atoms with van der Waals surface area (Å²) < 4.78 is 40.2. The Labute approximate surface area is 113 Å². The summed E-state index contributed by atoms with van der Waals surface area (Å²) in [6.45, 7) is 1.44. The molecule has 0 fully saturated rings. The third kappa shape index (κ3) is 4.76. The minimum atomic E-state index is -4.44. The summed E-state index contributed by atoms with van der Waals surface area (Å²) in [7, 11) is 0. The van der Waals surface area contributed by atoms with Gasteiger partial charge in [-0.2, -0.15) is 18.4 Å². The van der Waals surface area contributed by atoms with Crippen LogP contribution in [0.3, 0.4) is 0 Å². The Morgan fingerprint density at radius 1 is 1.45 bits per heavy atom. The first-order valence-corrected chi connectivity index (χ1v) is 5.52. The molecule has 0 saturated heterocycles. The van der Waals surface area contributed by atoms with Gasteiger partial charge < -0.3 is 10.1 Å². The van der Waals surface area contributed by atoms with Gasteiger partial charge in [-0.3, -0.25) is 4.79 Å². The van der Waals surface area contributed by atoms with E-state index in [9.17, 15) is 18.0 Å².